The Bertz CT molecular complexity index is 484. The van der Waals surface area contributed by atoms with Crippen molar-refractivity contribution in [2.24, 2.45) is 5.41 Å². The Morgan fingerprint density at radius 2 is 2.37 bits per heavy atom. The molecule has 2 heterocycles. The molecular formula is C15H21NO2S. The zero-order chi connectivity index (χ0) is 13.5. The van der Waals surface area contributed by atoms with Crippen molar-refractivity contribution >= 4 is 17.3 Å². The van der Waals surface area contributed by atoms with Crippen molar-refractivity contribution in [2.45, 2.75) is 45.1 Å². The number of piperidine rings is 1. The molecule has 104 valence electrons. The molecule has 19 heavy (non-hydrogen) atoms. The highest BCUT2D eigenvalue weighted by molar-refractivity contribution is 7.10. The van der Waals surface area contributed by atoms with Crippen LogP contribution in [0.5, 0.6) is 0 Å². The molecule has 4 heteroatoms. The van der Waals surface area contributed by atoms with E-state index in [2.05, 4.69) is 16.3 Å². The van der Waals surface area contributed by atoms with E-state index in [-0.39, 0.29) is 0 Å². The van der Waals surface area contributed by atoms with Crippen molar-refractivity contribution in [3.8, 4) is 0 Å². The Morgan fingerprint density at radius 3 is 3.16 bits per heavy atom. The summed E-state index contributed by atoms with van der Waals surface area (Å²) in [5.41, 5.74) is 0.900. The SMILES string of the molecule is CC1(C(=O)O)CCCN(C2CCCc3sccc32)C1. The summed E-state index contributed by atoms with van der Waals surface area (Å²) >= 11 is 1.86. The highest BCUT2D eigenvalue weighted by atomic mass is 32.1. The lowest BCUT2D eigenvalue weighted by Gasteiger charge is -2.43. The average molecular weight is 279 g/mol. The summed E-state index contributed by atoms with van der Waals surface area (Å²) in [6.45, 7) is 3.64. The molecule has 1 aromatic heterocycles. The lowest BCUT2D eigenvalue weighted by molar-refractivity contribution is -0.152. The third-order valence-corrected chi connectivity index (χ3v) is 5.70. The largest absolute Gasteiger partial charge is 0.481 e. The van der Waals surface area contributed by atoms with E-state index in [1.807, 2.05) is 18.3 Å². The molecule has 1 aliphatic carbocycles. The number of rotatable bonds is 2. The molecule has 0 aromatic carbocycles. The fourth-order valence-corrected chi connectivity index (χ4v) is 4.54. The van der Waals surface area contributed by atoms with Crippen LogP contribution in [0.2, 0.25) is 0 Å². The summed E-state index contributed by atoms with van der Waals surface area (Å²) in [7, 11) is 0. The van der Waals surface area contributed by atoms with Crippen LogP contribution in [0.4, 0.5) is 0 Å². The summed E-state index contributed by atoms with van der Waals surface area (Å²) in [5.74, 6) is -0.640. The molecule has 1 saturated heterocycles. The van der Waals surface area contributed by atoms with Crippen LogP contribution in [-0.2, 0) is 11.2 Å². The van der Waals surface area contributed by atoms with Gasteiger partial charge in [-0.3, -0.25) is 9.69 Å². The minimum atomic E-state index is -0.640. The van der Waals surface area contributed by atoms with E-state index < -0.39 is 11.4 Å². The standard InChI is InChI=1S/C15H21NO2S/c1-15(14(17)18)7-3-8-16(10-15)12-4-2-5-13-11(12)6-9-19-13/h6,9,12H,2-5,7-8,10H2,1H3,(H,17,18). The molecule has 1 aliphatic heterocycles. The zero-order valence-electron chi connectivity index (χ0n) is 11.4. The molecule has 1 fully saturated rings. The lowest BCUT2D eigenvalue weighted by Crippen LogP contribution is -2.47. The number of hydrogen-bond donors (Lipinski definition) is 1. The molecule has 3 rings (SSSR count). The fraction of sp³-hybridized carbons (Fsp3) is 0.667. The van der Waals surface area contributed by atoms with Gasteiger partial charge in [-0.1, -0.05) is 0 Å². The number of carboxylic acids is 1. The number of nitrogens with zero attached hydrogens (tertiary/aromatic N) is 1. The van der Waals surface area contributed by atoms with Gasteiger partial charge in [0.1, 0.15) is 0 Å². The number of fused-ring (bicyclic) bond motifs is 1. The van der Waals surface area contributed by atoms with Gasteiger partial charge >= 0.3 is 5.97 Å². The average Bonchev–Trinajstić information content (AvgIpc) is 2.86. The normalized spacial score (nSPS) is 31.9. The van der Waals surface area contributed by atoms with E-state index in [1.54, 1.807) is 0 Å². The van der Waals surface area contributed by atoms with Crippen molar-refractivity contribution in [3.63, 3.8) is 0 Å². The molecule has 1 aromatic rings. The van der Waals surface area contributed by atoms with E-state index in [9.17, 15) is 9.90 Å². The van der Waals surface area contributed by atoms with Crippen molar-refractivity contribution in [2.75, 3.05) is 13.1 Å². The summed E-state index contributed by atoms with van der Waals surface area (Å²) in [6.07, 6.45) is 5.42. The Kier molecular flexibility index (Phi) is 3.39. The predicted molar refractivity (Wildman–Crippen MR) is 76.5 cm³/mol. The van der Waals surface area contributed by atoms with Gasteiger partial charge < -0.3 is 5.11 Å². The fourth-order valence-electron chi connectivity index (χ4n) is 3.56. The van der Waals surface area contributed by atoms with Crippen molar-refractivity contribution in [1.82, 2.24) is 4.90 Å². The van der Waals surface area contributed by atoms with E-state index in [1.165, 1.54) is 29.7 Å². The van der Waals surface area contributed by atoms with Crippen LogP contribution in [0.25, 0.3) is 0 Å². The van der Waals surface area contributed by atoms with Crippen LogP contribution in [0.1, 0.15) is 49.1 Å². The van der Waals surface area contributed by atoms with Crippen LogP contribution in [0.3, 0.4) is 0 Å². The first-order valence-corrected chi connectivity index (χ1v) is 8.02. The number of likely N-dealkylation sites (tertiary alicyclic amines) is 1. The Hall–Kier alpha value is -0.870. The number of hydrogen-bond acceptors (Lipinski definition) is 3. The summed E-state index contributed by atoms with van der Waals surface area (Å²) in [4.78, 5) is 15.4. The molecule has 3 nitrogen and oxygen atoms in total. The first-order chi connectivity index (χ1) is 9.10. The van der Waals surface area contributed by atoms with Gasteiger partial charge in [0.05, 0.1) is 5.41 Å². The van der Waals surface area contributed by atoms with E-state index in [0.717, 1.165) is 19.4 Å². The van der Waals surface area contributed by atoms with Crippen LogP contribution in [-0.4, -0.2) is 29.1 Å². The minimum absolute atomic E-state index is 0.453. The first kappa shape index (κ1) is 13.1. The maximum absolute atomic E-state index is 11.5. The first-order valence-electron chi connectivity index (χ1n) is 7.14. The van der Waals surface area contributed by atoms with Crippen molar-refractivity contribution in [1.29, 1.82) is 0 Å². The molecule has 0 spiro atoms. The van der Waals surface area contributed by atoms with Crippen molar-refractivity contribution < 1.29 is 9.90 Å². The van der Waals surface area contributed by atoms with Crippen LogP contribution < -0.4 is 0 Å². The van der Waals surface area contributed by atoms with Gasteiger partial charge in [0.25, 0.3) is 0 Å². The minimum Gasteiger partial charge on any atom is -0.481 e. The molecule has 0 radical (unpaired) electrons. The second-order valence-corrected chi connectivity index (χ2v) is 7.15. The number of aliphatic carboxylic acids is 1. The predicted octanol–water partition coefficient (Wildman–Crippen LogP) is 3.31. The molecule has 0 saturated carbocycles. The topological polar surface area (TPSA) is 40.5 Å². The van der Waals surface area contributed by atoms with Gasteiger partial charge in [0.2, 0.25) is 0 Å². The maximum Gasteiger partial charge on any atom is 0.310 e. The third kappa shape index (κ3) is 2.32. The molecular weight excluding hydrogens is 258 g/mol. The monoisotopic (exact) mass is 279 g/mol. The second kappa shape index (κ2) is 4.91. The number of carbonyl (C=O) groups is 1. The van der Waals surface area contributed by atoms with Crippen LogP contribution in [0.15, 0.2) is 11.4 Å². The van der Waals surface area contributed by atoms with Gasteiger partial charge in [-0.2, -0.15) is 0 Å². The van der Waals surface area contributed by atoms with E-state index in [4.69, 9.17) is 0 Å². The van der Waals surface area contributed by atoms with Gasteiger partial charge in [-0.25, -0.2) is 0 Å². The smallest absolute Gasteiger partial charge is 0.310 e. The molecule has 1 N–H and O–H groups in total. The molecule has 0 bridgehead atoms. The Balaban J connectivity index is 1.82. The van der Waals surface area contributed by atoms with Gasteiger partial charge in [-0.05, 0) is 62.6 Å². The van der Waals surface area contributed by atoms with Gasteiger partial charge in [0, 0.05) is 17.5 Å². The van der Waals surface area contributed by atoms with Crippen LogP contribution in [0, 0.1) is 5.41 Å². The summed E-state index contributed by atoms with van der Waals surface area (Å²) < 4.78 is 0. The molecule has 2 atom stereocenters. The van der Waals surface area contributed by atoms with E-state index >= 15 is 0 Å². The van der Waals surface area contributed by atoms with Gasteiger partial charge in [0.15, 0.2) is 0 Å². The Morgan fingerprint density at radius 1 is 1.53 bits per heavy atom. The van der Waals surface area contributed by atoms with Crippen molar-refractivity contribution in [3.05, 3.63) is 21.9 Å². The molecule has 2 aliphatic rings. The second-order valence-electron chi connectivity index (χ2n) is 6.15. The zero-order valence-corrected chi connectivity index (χ0v) is 12.2. The molecule has 2 unspecified atom stereocenters. The number of carboxylic acid groups (broad SMARTS) is 1. The maximum atomic E-state index is 11.5. The third-order valence-electron chi connectivity index (χ3n) is 4.70. The molecule has 0 amide bonds. The highest BCUT2D eigenvalue weighted by Crippen LogP contribution is 2.41. The van der Waals surface area contributed by atoms with E-state index in [0.29, 0.717) is 12.6 Å². The van der Waals surface area contributed by atoms with Gasteiger partial charge in [-0.15, -0.1) is 11.3 Å². The highest BCUT2D eigenvalue weighted by Gasteiger charge is 2.40. The van der Waals surface area contributed by atoms with Crippen LogP contribution >= 0.6 is 11.3 Å². The Labute approximate surface area is 118 Å². The quantitative estimate of drug-likeness (QED) is 0.903. The summed E-state index contributed by atoms with van der Waals surface area (Å²) in [5, 5.41) is 11.6. The summed E-state index contributed by atoms with van der Waals surface area (Å²) in [6, 6.07) is 2.70. The number of aryl methyl sites for hydroxylation is 1. The lowest BCUT2D eigenvalue weighted by atomic mass is 9.80. The number of thiophene rings is 1.